The van der Waals surface area contributed by atoms with E-state index in [-0.39, 0.29) is 24.3 Å². The van der Waals surface area contributed by atoms with Crippen molar-refractivity contribution in [1.82, 2.24) is 9.88 Å². The first-order valence-corrected chi connectivity index (χ1v) is 9.84. The lowest BCUT2D eigenvalue weighted by molar-refractivity contribution is -0.134. The molecule has 7 heteroatoms. The molecule has 0 radical (unpaired) electrons. The van der Waals surface area contributed by atoms with Gasteiger partial charge in [-0.2, -0.15) is 0 Å². The topological polar surface area (TPSA) is 55.6 Å². The van der Waals surface area contributed by atoms with Crippen LogP contribution in [0.15, 0.2) is 59.1 Å². The Morgan fingerprint density at radius 3 is 2.97 bits per heavy atom. The van der Waals surface area contributed by atoms with Crippen LogP contribution in [-0.2, 0) is 11.2 Å². The Kier molecular flexibility index (Phi) is 5.81. The first-order valence-electron chi connectivity index (χ1n) is 9.46. The number of hydrogen-bond acceptors (Lipinski definition) is 4. The summed E-state index contributed by atoms with van der Waals surface area (Å²) in [4.78, 5) is 18.7. The molecule has 1 aliphatic heterocycles. The largest absolute Gasteiger partial charge is 0.481 e. The van der Waals surface area contributed by atoms with Gasteiger partial charge in [0.1, 0.15) is 11.8 Å². The van der Waals surface area contributed by atoms with Gasteiger partial charge < -0.3 is 14.1 Å². The van der Waals surface area contributed by atoms with E-state index in [1.165, 1.54) is 12.1 Å². The van der Waals surface area contributed by atoms with E-state index in [1.807, 2.05) is 24.3 Å². The molecule has 0 bridgehead atoms. The van der Waals surface area contributed by atoms with E-state index < -0.39 is 5.82 Å². The average molecular weight is 415 g/mol. The van der Waals surface area contributed by atoms with Crippen LogP contribution in [0, 0.1) is 5.82 Å². The van der Waals surface area contributed by atoms with Crippen molar-refractivity contribution < 1.29 is 18.3 Å². The Labute approximate surface area is 173 Å². The van der Waals surface area contributed by atoms with Gasteiger partial charge in [-0.3, -0.25) is 4.79 Å². The lowest BCUT2D eigenvalue weighted by Crippen LogP contribution is -2.34. The molecule has 0 aliphatic carbocycles. The highest BCUT2D eigenvalue weighted by Crippen LogP contribution is 2.32. The number of ether oxygens (including phenoxy) is 1. The van der Waals surface area contributed by atoms with Crippen LogP contribution in [0.5, 0.6) is 5.75 Å². The van der Waals surface area contributed by atoms with Crippen molar-refractivity contribution in [3.63, 3.8) is 0 Å². The van der Waals surface area contributed by atoms with Gasteiger partial charge >= 0.3 is 0 Å². The fraction of sp³-hybridized carbons (Fsp3) is 0.273. The number of nitrogens with zero attached hydrogens (tertiary/aromatic N) is 2. The lowest BCUT2D eigenvalue weighted by atomic mass is 10.1. The summed E-state index contributed by atoms with van der Waals surface area (Å²) >= 11 is 6.03. The number of hydrogen-bond donors (Lipinski definition) is 0. The molecule has 1 saturated heterocycles. The number of para-hydroxylation sites is 1. The van der Waals surface area contributed by atoms with Crippen molar-refractivity contribution in [3.05, 3.63) is 82.8 Å². The molecule has 2 heterocycles. The second-order valence-electron chi connectivity index (χ2n) is 6.94. The number of carbonyl (C=O) groups is 1. The quantitative estimate of drug-likeness (QED) is 0.581. The molecule has 5 nitrogen and oxygen atoms in total. The van der Waals surface area contributed by atoms with E-state index >= 15 is 0 Å². The van der Waals surface area contributed by atoms with Gasteiger partial charge in [0.15, 0.2) is 18.2 Å². The molecule has 3 aromatic rings. The van der Waals surface area contributed by atoms with Crippen LogP contribution < -0.4 is 4.74 Å². The maximum atomic E-state index is 13.7. The monoisotopic (exact) mass is 414 g/mol. The minimum Gasteiger partial charge on any atom is -0.481 e. The highest BCUT2D eigenvalue weighted by molar-refractivity contribution is 6.30. The maximum Gasteiger partial charge on any atom is 0.261 e. The number of carbonyl (C=O) groups excluding carboxylic acids is 1. The van der Waals surface area contributed by atoms with Crippen molar-refractivity contribution in [2.24, 2.45) is 0 Å². The van der Waals surface area contributed by atoms with E-state index in [9.17, 15) is 9.18 Å². The van der Waals surface area contributed by atoms with Gasteiger partial charge in [0.25, 0.3) is 5.91 Å². The van der Waals surface area contributed by atoms with Crippen LogP contribution in [0.3, 0.4) is 0 Å². The van der Waals surface area contributed by atoms with E-state index in [0.717, 1.165) is 18.4 Å². The minimum atomic E-state index is -0.489. The fourth-order valence-corrected chi connectivity index (χ4v) is 3.73. The summed E-state index contributed by atoms with van der Waals surface area (Å²) in [7, 11) is 0. The predicted octanol–water partition coefficient (Wildman–Crippen LogP) is 4.80. The molecule has 2 aromatic carbocycles. The standard InChI is InChI=1S/C22H20ClFN2O3/c23-16-6-3-5-15(11-16)12-17-13-25-22(29-17)19-8-4-10-26(19)21(27)14-28-20-9-2-1-7-18(20)24/h1-3,5-7,9,11,13,19H,4,8,10,12,14H2/t19-/m1/s1. The third kappa shape index (κ3) is 4.59. The molecule has 1 aromatic heterocycles. The molecule has 150 valence electrons. The minimum absolute atomic E-state index is 0.0662. The van der Waals surface area contributed by atoms with Crippen molar-refractivity contribution in [3.8, 4) is 5.75 Å². The lowest BCUT2D eigenvalue weighted by Gasteiger charge is -2.22. The number of aromatic nitrogens is 1. The summed E-state index contributed by atoms with van der Waals surface area (Å²) < 4.78 is 25.0. The van der Waals surface area contributed by atoms with Crippen LogP contribution in [0.2, 0.25) is 5.02 Å². The molecule has 29 heavy (non-hydrogen) atoms. The van der Waals surface area contributed by atoms with Gasteiger partial charge in [0, 0.05) is 18.0 Å². The summed E-state index contributed by atoms with van der Waals surface area (Å²) in [5.74, 6) is 0.585. The molecule has 0 unspecified atom stereocenters. The molecular weight excluding hydrogens is 395 g/mol. The highest BCUT2D eigenvalue weighted by atomic mass is 35.5. The third-order valence-corrected chi connectivity index (χ3v) is 5.12. The fourth-order valence-electron chi connectivity index (χ4n) is 3.51. The summed E-state index contributed by atoms with van der Waals surface area (Å²) in [6, 6.07) is 13.4. The van der Waals surface area contributed by atoms with Gasteiger partial charge in [-0.1, -0.05) is 35.9 Å². The van der Waals surface area contributed by atoms with Crippen molar-refractivity contribution >= 4 is 17.5 Å². The molecule has 0 N–H and O–H groups in total. The smallest absolute Gasteiger partial charge is 0.261 e. The van der Waals surface area contributed by atoms with Crippen molar-refractivity contribution in [1.29, 1.82) is 0 Å². The first kappa shape index (κ1) is 19.5. The highest BCUT2D eigenvalue weighted by Gasteiger charge is 2.33. The normalized spacial score (nSPS) is 16.2. The van der Waals surface area contributed by atoms with Gasteiger partial charge in [-0.15, -0.1) is 0 Å². The summed E-state index contributed by atoms with van der Waals surface area (Å²) in [6.07, 6.45) is 3.88. The number of halogens is 2. The van der Waals surface area contributed by atoms with Gasteiger partial charge in [-0.25, -0.2) is 9.37 Å². The number of benzene rings is 2. The van der Waals surface area contributed by atoms with Gasteiger partial charge in [0.2, 0.25) is 5.89 Å². The van der Waals surface area contributed by atoms with Crippen LogP contribution >= 0.6 is 11.6 Å². The Morgan fingerprint density at radius 2 is 2.14 bits per heavy atom. The van der Waals surface area contributed by atoms with Gasteiger partial charge in [0.05, 0.1) is 6.20 Å². The van der Waals surface area contributed by atoms with Crippen molar-refractivity contribution in [2.45, 2.75) is 25.3 Å². The number of likely N-dealkylation sites (tertiary alicyclic amines) is 1. The molecule has 1 atom stereocenters. The zero-order valence-corrected chi connectivity index (χ0v) is 16.4. The average Bonchev–Trinajstić information content (AvgIpc) is 3.36. The van der Waals surface area contributed by atoms with Gasteiger partial charge in [-0.05, 0) is 42.7 Å². The summed E-state index contributed by atoms with van der Waals surface area (Å²) in [5.41, 5.74) is 1.03. The second kappa shape index (κ2) is 8.66. The molecule has 1 fully saturated rings. The zero-order valence-electron chi connectivity index (χ0n) is 15.7. The molecule has 0 spiro atoms. The second-order valence-corrected chi connectivity index (χ2v) is 7.37. The van der Waals surface area contributed by atoms with E-state index in [4.69, 9.17) is 20.8 Å². The van der Waals surface area contributed by atoms with E-state index in [2.05, 4.69) is 4.98 Å². The first-order chi connectivity index (χ1) is 14.1. The maximum absolute atomic E-state index is 13.7. The number of rotatable bonds is 6. The van der Waals surface area contributed by atoms with Crippen LogP contribution in [0.1, 0.15) is 36.1 Å². The van der Waals surface area contributed by atoms with E-state index in [0.29, 0.717) is 29.6 Å². The van der Waals surface area contributed by atoms with Crippen LogP contribution in [0.4, 0.5) is 4.39 Å². The SMILES string of the molecule is O=C(COc1ccccc1F)N1CCC[C@@H]1c1ncc(Cc2cccc(Cl)c2)o1. The Bertz CT molecular complexity index is 1010. The Hall–Kier alpha value is -2.86. The van der Waals surface area contributed by atoms with Crippen LogP contribution in [0.25, 0.3) is 0 Å². The molecule has 4 rings (SSSR count). The van der Waals surface area contributed by atoms with Crippen molar-refractivity contribution in [2.75, 3.05) is 13.2 Å². The predicted molar refractivity (Wildman–Crippen MR) is 106 cm³/mol. The van der Waals surface area contributed by atoms with Crippen LogP contribution in [-0.4, -0.2) is 28.9 Å². The Morgan fingerprint density at radius 1 is 1.28 bits per heavy atom. The molecular formula is C22H20ClFN2O3. The third-order valence-electron chi connectivity index (χ3n) is 4.88. The number of oxazole rings is 1. The summed E-state index contributed by atoms with van der Waals surface area (Å²) in [5, 5.41) is 0.671. The molecule has 0 saturated carbocycles. The number of amides is 1. The molecule has 1 amide bonds. The Balaban J connectivity index is 1.41. The zero-order chi connectivity index (χ0) is 20.2. The van der Waals surface area contributed by atoms with E-state index in [1.54, 1.807) is 23.2 Å². The summed E-state index contributed by atoms with van der Waals surface area (Å²) in [6.45, 7) is 0.365. The molecule has 1 aliphatic rings.